The first-order chi connectivity index (χ1) is 8.67. The van der Waals surface area contributed by atoms with Crippen molar-refractivity contribution < 1.29 is 9.53 Å². The zero-order valence-corrected chi connectivity index (χ0v) is 11.7. The summed E-state index contributed by atoms with van der Waals surface area (Å²) in [4.78, 5) is 14.6. The summed E-state index contributed by atoms with van der Waals surface area (Å²) in [6.07, 6.45) is 2.04. The lowest BCUT2D eigenvalue weighted by Crippen LogP contribution is -2.30. The number of hydrogen-bond donors (Lipinski definition) is 1. The molecule has 0 saturated carbocycles. The third-order valence-corrected chi connectivity index (χ3v) is 3.24. The normalized spacial score (nSPS) is 10.4. The molecule has 0 saturated heterocycles. The average molecular weight is 268 g/mol. The number of nitrogens with two attached hydrogens (primary N) is 1. The van der Waals surface area contributed by atoms with Crippen molar-refractivity contribution >= 4 is 17.7 Å². The van der Waals surface area contributed by atoms with Gasteiger partial charge in [0.15, 0.2) is 0 Å². The van der Waals surface area contributed by atoms with Crippen molar-refractivity contribution in [3.63, 3.8) is 0 Å². The Kier molecular flexibility index (Phi) is 6.78. The fourth-order valence-electron chi connectivity index (χ4n) is 1.45. The highest BCUT2D eigenvalue weighted by Crippen LogP contribution is 2.15. The van der Waals surface area contributed by atoms with Crippen LogP contribution in [-0.2, 0) is 16.1 Å². The number of carbonyl (C=O) groups excluding carboxylic acids is 1. The molecule has 0 aromatic heterocycles. The molecule has 1 rings (SSSR count). The third kappa shape index (κ3) is 5.08. The van der Waals surface area contributed by atoms with Crippen LogP contribution in [0.3, 0.4) is 0 Å². The number of ether oxygens (including phenoxy) is 1. The maximum atomic E-state index is 11.7. The molecule has 0 radical (unpaired) electrons. The van der Waals surface area contributed by atoms with Crippen LogP contribution in [0.25, 0.3) is 0 Å². The number of hydrogen-bond acceptors (Lipinski definition) is 4. The molecule has 0 aliphatic rings. The number of likely N-dealkylation sites (N-methyl/N-ethyl adjacent to an activating group) is 1. The van der Waals surface area contributed by atoms with Gasteiger partial charge in [-0.25, -0.2) is 0 Å². The minimum atomic E-state index is -0.0302. The molecular formula is C13H20N2O2S. The zero-order chi connectivity index (χ0) is 13.4. The van der Waals surface area contributed by atoms with E-state index in [2.05, 4.69) is 12.1 Å². The summed E-state index contributed by atoms with van der Waals surface area (Å²) < 4.78 is 5.12. The van der Waals surface area contributed by atoms with Crippen LogP contribution in [0.2, 0.25) is 0 Å². The van der Waals surface area contributed by atoms with E-state index in [0.29, 0.717) is 19.7 Å². The van der Waals surface area contributed by atoms with Crippen molar-refractivity contribution in [1.82, 2.24) is 4.90 Å². The number of thioether (sulfide) groups is 1. The first kappa shape index (κ1) is 15.0. The van der Waals surface area contributed by atoms with Crippen molar-refractivity contribution in [3.8, 4) is 0 Å². The van der Waals surface area contributed by atoms with Gasteiger partial charge in [-0.15, -0.1) is 11.8 Å². The monoisotopic (exact) mass is 268 g/mol. The van der Waals surface area contributed by atoms with Gasteiger partial charge in [-0.1, -0.05) is 12.1 Å². The smallest absolute Gasteiger partial charge is 0.248 e. The van der Waals surface area contributed by atoms with Gasteiger partial charge >= 0.3 is 0 Å². The van der Waals surface area contributed by atoms with Gasteiger partial charge in [-0.2, -0.15) is 0 Å². The van der Waals surface area contributed by atoms with E-state index in [9.17, 15) is 4.79 Å². The van der Waals surface area contributed by atoms with Crippen LogP contribution in [0.5, 0.6) is 0 Å². The lowest BCUT2D eigenvalue weighted by atomic mass is 10.2. The van der Waals surface area contributed by atoms with Crippen LogP contribution in [0.15, 0.2) is 29.2 Å². The Balaban J connectivity index is 2.42. The molecule has 0 bridgehead atoms. The second kappa shape index (κ2) is 8.13. The van der Waals surface area contributed by atoms with Gasteiger partial charge in [0.25, 0.3) is 0 Å². The summed E-state index contributed by atoms with van der Waals surface area (Å²) >= 11 is 1.70. The molecule has 18 heavy (non-hydrogen) atoms. The number of nitrogens with zero attached hydrogens (tertiary/aromatic N) is 1. The lowest BCUT2D eigenvalue weighted by molar-refractivity contribution is -0.135. The van der Waals surface area contributed by atoms with Crippen molar-refractivity contribution in [3.05, 3.63) is 29.8 Å². The van der Waals surface area contributed by atoms with Crippen LogP contribution in [0, 0.1) is 0 Å². The van der Waals surface area contributed by atoms with Gasteiger partial charge in [0, 0.05) is 25.0 Å². The van der Waals surface area contributed by atoms with Crippen LogP contribution < -0.4 is 5.73 Å². The Hall–Kier alpha value is -1.04. The van der Waals surface area contributed by atoms with E-state index in [1.807, 2.05) is 18.4 Å². The van der Waals surface area contributed by atoms with E-state index >= 15 is 0 Å². The minimum Gasteiger partial charge on any atom is -0.370 e. The molecule has 5 heteroatoms. The molecule has 1 aromatic carbocycles. The second-order valence-corrected chi connectivity index (χ2v) is 4.82. The van der Waals surface area contributed by atoms with Gasteiger partial charge < -0.3 is 15.4 Å². The van der Waals surface area contributed by atoms with E-state index in [-0.39, 0.29) is 12.5 Å². The summed E-state index contributed by atoms with van der Waals surface area (Å²) in [7, 11) is 1.77. The highest BCUT2D eigenvalue weighted by Gasteiger charge is 2.09. The largest absolute Gasteiger partial charge is 0.370 e. The molecule has 0 aliphatic carbocycles. The third-order valence-electron chi connectivity index (χ3n) is 2.49. The zero-order valence-electron chi connectivity index (χ0n) is 10.9. The molecule has 0 heterocycles. The fourth-order valence-corrected chi connectivity index (χ4v) is 1.85. The van der Waals surface area contributed by atoms with Gasteiger partial charge in [-0.3, -0.25) is 4.79 Å². The van der Waals surface area contributed by atoms with E-state index in [0.717, 1.165) is 5.56 Å². The Morgan fingerprint density at radius 2 is 2.06 bits per heavy atom. The van der Waals surface area contributed by atoms with E-state index in [1.165, 1.54) is 4.90 Å². The first-order valence-electron chi connectivity index (χ1n) is 5.82. The lowest BCUT2D eigenvalue weighted by Gasteiger charge is -2.17. The standard InChI is InChI=1S/C13H20N2O2S/c1-15(13(16)10-17-8-7-14)9-11-3-5-12(18-2)6-4-11/h3-6H,7-10,14H2,1-2H3. The number of benzene rings is 1. The maximum Gasteiger partial charge on any atom is 0.248 e. The van der Waals surface area contributed by atoms with Crippen LogP contribution in [0.1, 0.15) is 5.56 Å². The Morgan fingerprint density at radius 1 is 1.39 bits per heavy atom. The second-order valence-electron chi connectivity index (χ2n) is 3.94. The van der Waals surface area contributed by atoms with Gasteiger partial charge in [0.1, 0.15) is 6.61 Å². The number of carbonyl (C=O) groups is 1. The van der Waals surface area contributed by atoms with Crippen LogP contribution in [-0.4, -0.2) is 43.9 Å². The Morgan fingerprint density at radius 3 is 2.61 bits per heavy atom. The topological polar surface area (TPSA) is 55.6 Å². The predicted molar refractivity (Wildman–Crippen MR) is 74.6 cm³/mol. The molecule has 0 aliphatic heterocycles. The van der Waals surface area contributed by atoms with Crippen molar-refractivity contribution in [2.75, 3.05) is 33.1 Å². The molecule has 0 spiro atoms. The number of amides is 1. The molecule has 100 valence electrons. The van der Waals surface area contributed by atoms with Crippen molar-refractivity contribution in [2.24, 2.45) is 5.73 Å². The summed E-state index contributed by atoms with van der Waals surface area (Å²) in [5.74, 6) is -0.0302. The Bertz CT molecular complexity index is 368. The molecule has 2 N–H and O–H groups in total. The highest BCUT2D eigenvalue weighted by molar-refractivity contribution is 7.98. The highest BCUT2D eigenvalue weighted by atomic mass is 32.2. The molecule has 0 unspecified atom stereocenters. The summed E-state index contributed by atoms with van der Waals surface area (Å²) in [6.45, 7) is 1.55. The quantitative estimate of drug-likeness (QED) is 0.599. The van der Waals surface area contributed by atoms with E-state index < -0.39 is 0 Å². The van der Waals surface area contributed by atoms with Crippen LogP contribution >= 0.6 is 11.8 Å². The SMILES string of the molecule is CSc1ccc(CN(C)C(=O)COCCN)cc1. The molecule has 1 aromatic rings. The maximum absolute atomic E-state index is 11.7. The molecule has 0 atom stereocenters. The predicted octanol–water partition coefficient (Wildman–Crippen LogP) is 1.34. The Labute approximate surface area is 112 Å². The minimum absolute atomic E-state index is 0.0302. The van der Waals surface area contributed by atoms with Crippen molar-refractivity contribution in [1.29, 1.82) is 0 Å². The summed E-state index contributed by atoms with van der Waals surface area (Å²) in [6, 6.07) is 8.19. The molecule has 0 fully saturated rings. The van der Waals surface area contributed by atoms with E-state index in [4.69, 9.17) is 10.5 Å². The van der Waals surface area contributed by atoms with Crippen molar-refractivity contribution in [2.45, 2.75) is 11.4 Å². The summed E-state index contributed by atoms with van der Waals surface area (Å²) in [5, 5.41) is 0. The molecule has 1 amide bonds. The molecular weight excluding hydrogens is 248 g/mol. The number of rotatable bonds is 7. The fraction of sp³-hybridized carbons (Fsp3) is 0.462. The van der Waals surface area contributed by atoms with Gasteiger partial charge in [0.2, 0.25) is 5.91 Å². The summed E-state index contributed by atoms with van der Waals surface area (Å²) in [5.41, 5.74) is 6.40. The van der Waals surface area contributed by atoms with Crippen LogP contribution in [0.4, 0.5) is 0 Å². The van der Waals surface area contributed by atoms with Gasteiger partial charge in [-0.05, 0) is 24.0 Å². The molecule has 4 nitrogen and oxygen atoms in total. The van der Waals surface area contributed by atoms with E-state index in [1.54, 1.807) is 23.7 Å². The first-order valence-corrected chi connectivity index (χ1v) is 7.04. The average Bonchev–Trinajstić information content (AvgIpc) is 2.39. The van der Waals surface area contributed by atoms with Gasteiger partial charge in [0.05, 0.1) is 6.61 Å².